The van der Waals surface area contributed by atoms with E-state index in [0.29, 0.717) is 12.5 Å². The van der Waals surface area contributed by atoms with Crippen LogP contribution in [-0.2, 0) is 25.2 Å². The van der Waals surface area contributed by atoms with Gasteiger partial charge in [-0.3, -0.25) is 0 Å². The van der Waals surface area contributed by atoms with Gasteiger partial charge in [-0.05, 0) is 13.0 Å². The fraction of sp³-hybridized carbons (Fsp3) is 0.929. The third kappa shape index (κ3) is 14.3. The number of hydrogen-bond donors (Lipinski definition) is 1. The second-order valence-electron chi connectivity index (χ2n) is 4.71. The van der Waals surface area contributed by atoms with E-state index >= 15 is 0 Å². The van der Waals surface area contributed by atoms with Gasteiger partial charge in [0.15, 0.2) is 0 Å². The number of nitrogens with one attached hydrogen (secondary N) is 2. The molecule has 1 atom stereocenters. The summed E-state index contributed by atoms with van der Waals surface area (Å²) in [6.45, 7) is 13.0. The molecule has 1 radical (unpaired) electrons. The predicted octanol–water partition coefficient (Wildman–Crippen LogP) is 3.82. The van der Waals surface area contributed by atoms with Crippen LogP contribution >= 0.6 is 0 Å². The Labute approximate surface area is 127 Å². The summed E-state index contributed by atoms with van der Waals surface area (Å²) in [6, 6.07) is 0.0122. The minimum Gasteiger partial charge on any atom is -0.668 e. The van der Waals surface area contributed by atoms with Gasteiger partial charge in [0.25, 0.3) is 0 Å². The molecule has 111 valence electrons. The van der Waals surface area contributed by atoms with E-state index in [1.54, 1.807) is 0 Å². The quantitative estimate of drug-likeness (QED) is 0.596. The first-order valence-electron chi connectivity index (χ1n) is 6.93. The van der Waals surface area contributed by atoms with Gasteiger partial charge >= 0.3 is 0 Å². The van der Waals surface area contributed by atoms with Gasteiger partial charge in [0.1, 0.15) is 5.78 Å². The van der Waals surface area contributed by atoms with Crippen LogP contribution in [0.4, 0.5) is 0 Å². The molecule has 0 aliphatic heterocycles. The Balaban J connectivity index is -0.000000709. The summed E-state index contributed by atoms with van der Waals surface area (Å²) in [5.74, 6) is 0.0770. The van der Waals surface area contributed by atoms with E-state index in [4.69, 9.17) is 5.73 Å². The van der Waals surface area contributed by atoms with Gasteiger partial charge in [-0.25, -0.2) is 0 Å². The second-order valence-corrected chi connectivity index (χ2v) is 4.71. The fourth-order valence-electron chi connectivity index (χ4n) is 1.41. The van der Waals surface area contributed by atoms with Crippen molar-refractivity contribution in [1.29, 1.82) is 0 Å². The van der Waals surface area contributed by atoms with Crippen LogP contribution in [0.25, 0.3) is 5.73 Å². The van der Waals surface area contributed by atoms with Crippen LogP contribution in [0, 0.1) is 5.92 Å². The number of carbonyl (C=O) groups is 1. The number of hydrogen-bond acceptors (Lipinski definition) is 2. The maximum absolute atomic E-state index is 11.4. The zero-order valence-electron chi connectivity index (χ0n) is 12.8. The first kappa shape index (κ1) is 23.4. The molecule has 0 saturated heterocycles. The van der Waals surface area contributed by atoms with E-state index in [1.807, 2.05) is 27.7 Å². The molecule has 18 heavy (non-hydrogen) atoms. The number of rotatable bonds is 8. The summed E-state index contributed by atoms with van der Waals surface area (Å²) in [6.07, 6.45) is 2.72. The summed E-state index contributed by atoms with van der Waals surface area (Å²) in [5.41, 5.74) is 7.66. The summed E-state index contributed by atoms with van der Waals surface area (Å²) in [4.78, 5) is 11.4. The standard InChI is InChI=1S/C12H25N2O.C2H6.Re/c1-9(2)12(15)11(13)7-5-6-8-14-10(3)4;1-2;/h9-11,13-14H,5-8H2,1-4H3;1-2H3;/q-1;;. The maximum atomic E-state index is 11.4. The number of ketones is 1. The molecule has 0 aliphatic rings. The van der Waals surface area contributed by atoms with Crippen molar-refractivity contribution in [3.63, 3.8) is 0 Å². The second kappa shape index (κ2) is 15.3. The number of carbonyl (C=O) groups excluding carboxylic acids is 1. The Morgan fingerprint density at radius 2 is 1.61 bits per heavy atom. The first-order chi connectivity index (χ1) is 7.95. The minimum absolute atomic E-state index is 0. The van der Waals surface area contributed by atoms with Crippen molar-refractivity contribution < 1.29 is 25.2 Å². The molecule has 0 amide bonds. The Bertz CT molecular complexity index is 185. The van der Waals surface area contributed by atoms with Crippen molar-refractivity contribution in [3.8, 4) is 0 Å². The average molecular weight is 430 g/mol. The van der Waals surface area contributed by atoms with Crippen molar-refractivity contribution >= 4 is 5.78 Å². The van der Waals surface area contributed by atoms with E-state index in [2.05, 4.69) is 19.2 Å². The summed E-state index contributed by atoms with van der Waals surface area (Å²) < 4.78 is 0. The van der Waals surface area contributed by atoms with Crippen LogP contribution in [-0.4, -0.2) is 24.4 Å². The van der Waals surface area contributed by atoms with Crippen LogP contribution < -0.4 is 5.32 Å². The SMILES string of the molecule is CC.CC(C)NCCCCC([NH-])C(=O)C(C)C.[Re]. The normalized spacial score (nSPS) is 11.6. The van der Waals surface area contributed by atoms with Crippen LogP contribution in [0.5, 0.6) is 0 Å². The van der Waals surface area contributed by atoms with Crippen LogP contribution in [0.1, 0.15) is 60.8 Å². The molecule has 0 saturated carbocycles. The van der Waals surface area contributed by atoms with E-state index in [0.717, 1.165) is 19.4 Å². The van der Waals surface area contributed by atoms with E-state index < -0.39 is 6.04 Å². The molecule has 0 aliphatic carbocycles. The summed E-state index contributed by atoms with van der Waals surface area (Å²) >= 11 is 0. The molecule has 0 aromatic heterocycles. The zero-order chi connectivity index (χ0) is 13.8. The molecular weight excluding hydrogens is 398 g/mol. The Kier molecular flexibility index (Phi) is 19.9. The van der Waals surface area contributed by atoms with E-state index in [9.17, 15) is 4.79 Å². The summed E-state index contributed by atoms with van der Waals surface area (Å²) in [7, 11) is 0. The Morgan fingerprint density at radius 3 is 2.00 bits per heavy atom. The van der Waals surface area contributed by atoms with Gasteiger partial charge in [0.2, 0.25) is 0 Å². The van der Waals surface area contributed by atoms with Crippen molar-refractivity contribution in [2.24, 2.45) is 5.92 Å². The molecule has 0 aromatic rings. The molecular formula is C14H31N2ORe-. The molecule has 0 aromatic carbocycles. The molecule has 0 spiro atoms. The maximum Gasteiger partial charge on any atom is 0.117 e. The van der Waals surface area contributed by atoms with Crippen molar-refractivity contribution in [3.05, 3.63) is 5.73 Å². The first-order valence-corrected chi connectivity index (χ1v) is 6.93. The molecule has 1 unspecified atom stereocenters. The zero-order valence-corrected chi connectivity index (χ0v) is 15.6. The largest absolute Gasteiger partial charge is 0.668 e. The van der Waals surface area contributed by atoms with Gasteiger partial charge in [0.05, 0.1) is 0 Å². The van der Waals surface area contributed by atoms with E-state index in [-0.39, 0.29) is 32.1 Å². The fourth-order valence-corrected chi connectivity index (χ4v) is 1.41. The molecule has 3 nitrogen and oxygen atoms in total. The molecule has 2 N–H and O–H groups in total. The van der Waals surface area contributed by atoms with E-state index in [1.165, 1.54) is 0 Å². The van der Waals surface area contributed by atoms with Gasteiger partial charge in [-0.2, -0.15) is 0 Å². The Morgan fingerprint density at radius 1 is 1.11 bits per heavy atom. The molecule has 0 heterocycles. The Hall–Kier alpha value is 0.252. The van der Waals surface area contributed by atoms with Gasteiger partial charge in [-0.1, -0.05) is 60.4 Å². The number of Topliss-reactive ketones (excluding diaryl/α,β-unsaturated/α-hetero) is 1. The summed E-state index contributed by atoms with van der Waals surface area (Å²) in [5, 5.41) is 3.33. The van der Waals surface area contributed by atoms with Crippen LogP contribution in [0.3, 0.4) is 0 Å². The van der Waals surface area contributed by atoms with Crippen LogP contribution in [0.2, 0.25) is 0 Å². The van der Waals surface area contributed by atoms with Crippen molar-refractivity contribution in [2.75, 3.05) is 6.54 Å². The molecule has 0 bridgehead atoms. The molecule has 0 rings (SSSR count). The molecule has 4 heteroatoms. The monoisotopic (exact) mass is 430 g/mol. The third-order valence-corrected chi connectivity index (χ3v) is 2.38. The van der Waals surface area contributed by atoms with Crippen molar-refractivity contribution in [1.82, 2.24) is 5.32 Å². The molecule has 0 fully saturated rings. The van der Waals surface area contributed by atoms with Gasteiger partial charge in [-0.15, -0.1) is 0 Å². The average Bonchev–Trinajstić information content (AvgIpc) is 2.29. The van der Waals surface area contributed by atoms with Gasteiger partial charge < -0.3 is 15.8 Å². The minimum atomic E-state index is -0.510. The van der Waals surface area contributed by atoms with Crippen molar-refractivity contribution in [2.45, 2.75) is 72.9 Å². The third-order valence-electron chi connectivity index (χ3n) is 2.38. The predicted molar refractivity (Wildman–Crippen MR) is 76.3 cm³/mol. The number of unbranched alkanes of at least 4 members (excludes halogenated alkanes) is 1. The topological polar surface area (TPSA) is 52.9 Å². The smallest absolute Gasteiger partial charge is 0.117 e. The van der Waals surface area contributed by atoms with Crippen LogP contribution in [0.15, 0.2) is 0 Å². The van der Waals surface area contributed by atoms with Gasteiger partial charge in [0, 0.05) is 32.4 Å².